The van der Waals surface area contributed by atoms with Crippen molar-refractivity contribution in [2.24, 2.45) is 0 Å². The number of sulfonamides is 1. The highest BCUT2D eigenvalue weighted by molar-refractivity contribution is 7.89. The van der Waals surface area contributed by atoms with Crippen molar-refractivity contribution < 1.29 is 17.9 Å². The summed E-state index contributed by atoms with van der Waals surface area (Å²) in [7, 11) is -3.96. The molecule has 1 saturated heterocycles. The number of β-amino-alcohol motifs (C(OH)–C–C–N with tert-alkyl or cyclic N) is 1. The molecule has 0 radical (unpaired) electrons. The van der Waals surface area contributed by atoms with Crippen LogP contribution in [0.4, 0.5) is 4.39 Å². The summed E-state index contributed by atoms with van der Waals surface area (Å²) in [6.07, 6.45) is -0.418. The van der Waals surface area contributed by atoms with Crippen LogP contribution in [0.1, 0.15) is 12.8 Å². The third-order valence-corrected chi connectivity index (χ3v) is 6.94. The molecule has 2 atom stereocenters. The van der Waals surface area contributed by atoms with Crippen LogP contribution in [0.3, 0.4) is 0 Å². The molecule has 0 spiro atoms. The minimum atomic E-state index is -3.96. The lowest BCUT2D eigenvalue weighted by Gasteiger charge is -2.30. The van der Waals surface area contributed by atoms with Crippen molar-refractivity contribution in [1.82, 2.24) is 8.87 Å². The first-order valence-electron chi connectivity index (χ1n) is 8.75. The molecule has 7 heteroatoms. The summed E-state index contributed by atoms with van der Waals surface area (Å²) >= 11 is 0. The molecule has 0 amide bonds. The van der Waals surface area contributed by atoms with E-state index in [1.165, 1.54) is 0 Å². The van der Waals surface area contributed by atoms with Crippen molar-refractivity contribution in [1.29, 1.82) is 0 Å². The summed E-state index contributed by atoms with van der Waals surface area (Å²) in [5.41, 5.74) is 0.104. The molecule has 1 aromatic heterocycles. The molecule has 0 bridgehead atoms. The van der Waals surface area contributed by atoms with E-state index >= 15 is 0 Å². The van der Waals surface area contributed by atoms with E-state index in [2.05, 4.69) is 0 Å². The maximum atomic E-state index is 13.7. The SMILES string of the molecule is O=S1(=O)C(F)CCCN1CC(O)Cn1c2ccccc2c2ccccc21. The normalized spacial score (nSPS) is 22.0. The second-order valence-corrected chi connectivity index (χ2v) is 8.81. The number of hydrogen-bond donors (Lipinski definition) is 1. The van der Waals surface area contributed by atoms with Gasteiger partial charge in [0.25, 0.3) is 0 Å². The number of aromatic nitrogens is 1. The van der Waals surface area contributed by atoms with Crippen LogP contribution < -0.4 is 0 Å². The molecule has 3 aromatic rings. The van der Waals surface area contributed by atoms with Gasteiger partial charge < -0.3 is 9.67 Å². The zero-order valence-corrected chi connectivity index (χ0v) is 15.1. The molecule has 2 aromatic carbocycles. The topological polar surface area (TPSA) is 62.5 Å². The van der Waals surface area contributed by atoms with Crippen LogP contribution in [-0.2, 0) is 16.6 Å². The van der Waals surface area contributed by atoms with Gasteiger partial charge in [-0.2, -0.15) is 4.31 Å². The predicted octanol–water partition coefficient (Wildman–Crippen LogP) is 2.88. The van der Waals surface area contributed by atoms with Crippen LogP contribution in [0, 0.1) is 0 Å². The smallest absolute Gasteiger partial charge is 0.246 e. The van der Waals surface area contributed by atoms with E-state index < -0.39 is 21.6 Å². The first-order valence-corrected chi connectivity index (χ1v) is 10.3. The Bertz CT molecular complexity index is 994. The van der Waals surface area contributed by atoms with Gasteiger partial charge in [-0.1, -0.05) is 36.4 Å². The van der Waals surface area contributed by atoms with Crippen LogP contribution in [0.5, 0.6) is 0 Å². The van der Waals surface area contributed by atoms with E-state index in [-0.39, 0.29) is 26.1 Å². The first kappa shape index (κ1) is 17.5. The van der Waals surface area contributed by atoms with Crippen molar-refractivity contribution in [3.8, 4) is 0 Å². The summed E-state index contributed by atoms with van der Waals surface area (Å²) in [6, 6.07) is 15.8. The summed E-state index contributed by atoms with van der Waals surface area (Å²) < 4.78 is 41.0. The molecule has 1 fully saturated rings. The minimum Gasteiger partial charge on any atom is -0.390 e. The first-order chi connectivity index (χ1) is 12.5. The lowest BCUT2D eigenvalue weighted by molar-refractivity contribution is 0.124. The van der Waals surface area contributed by atoms with E-state index in [9.17, 15) is 17.9 Å². The number of rotatable bonds is 4. The molecule has 1 aliphatic rings. The molecule has 1 aliphatic heterocycles. The molecular weight excluding hydrogens is 355 g/mol. The number of alkyl halides is 1. The van der Waals surface area contributed by atoms with Gasteiger partial charge in [0, 0.05) is 34.9 Å². The number of benzene rings is 2. The van der Waals surface area contributed by atoms with Gasteiger partial charge >= 0.3 is 0 Å². The number of para-hydroxylation sites is 2. The van der Waals surface area contributed by atoms with Crippen molar-refractivity contribution in [2.45, 2.75) is 31.0 Å². The van der Waals surface area contributed by atoms with Crippen LogP contribution >= 0.6 is 0 Å². The standard InChI is InChI=1S/C19H21FN2O3S/c20-19-10-5-11-21(26(19,24)25)12-14(23)13-22-17-8-3-1-6-15(17)16-7-2-4-9-18(16)22/h1-4,6-9,14,19,23H,5,10-13H2. The second-order valence-electron chi connectivity index (χ2n) is 6.75. The zero-order chi connectivity index (χ0) is 18.3. The van der Waals surface area contributed by atoms with E-state index in [1.54, 1.807) is 0 Å². The summed E-state index contributed by atoms with van der Waals surface area (Å²) in [4.78, 5) is 0. The van der Waals surface area contributed by atoms with Crippen molar-refractivity contribution in [3.63, 3.8) is 0 Å². The number of aliphatic hydroxyl groups is 1. The molecule has 2 unspecified atom stereocenters. The average molecular weight is 376 g/mol. The number of halogens is 1. The van der Waals surface area contributed by atoms with Crippen LogP contribution in [0.2, 0.25) is 0 Å². The summed E-state index contributed by atoms with van der Waals surface area (Å²) in [6.45, 7) is 0.410. The largest absolute Gasteiger partial charge is 0.390 e. The Labute approximate surface area is 151 Å². The predicted molar refractivity (Wildman–Crippen MR) is 100 cm³/mol. The van der Waals surface area contributed by atoms with Gasteiger partial charge in [0.05, 0.1) is 12.6 Å². The van der Waals surface area contributed by atoms with Gasteiger partial charge in [-0.3, -0.25) is 0 Å². The van der Waals surface area contributed by atoms with Crippen molar-refractivity contribution >= 4 is 31.8 Å². The Morgan fingerprint density at radius 2 is 1.62 bits per heavy atom. The van der Waals surface area contributed by atoms with Crippen LogP contribution in [-0.4, -0.2) is 47.1 Å². The molecule has 0 aliphatic carbocycles. The fourth-order valence-electron chi connectivity index (χ4n) is 3.76. The van der Waals surface area contributed by atoms with E-state index in [0.717, 1.165) is 26.1 Å². The lowest BCUT2D eigenvalue weighted by atomic mass is 10.2. The number of hydrogen-bond acceptors (Lipinski definition) is 3. The molecule has 26 heavy (non-hydrogen) atoms. The Morgan fingerprint density at radius 3 is 2.23 bits per heavy atom. The third kappa shape index (κ3) is 2.90. The monoisotopic (exact) mass is 376 g/mol. The minimum absolute atomic E-state index is 0.0296. The van der Waals surface area contributed by atoms with E-state index in [0.29, 0.717) is 6.42 Å². The maximum Gasteiger partial charge on any atom is 0.246 e. The fourth-order valence-corrected chi connectivity index (χ4v) is 5.32. The molecule has 138 valence electrons. The van der Waals surface area contributed by atoms with Gasteiger partial charge in [0.15, 0.2) is 0 Å². The highest BCUT2D eigenvalue weighted by Gasteiger charge is 2.36. The number of fused-ring (bicyclic) bond motifs is 3. The molecule has 2 heterocycles. The van der Waals surface area contributed by atoms with Gasteiger partial charge in [-0.05, 0) is 25.0 Å². The number of aliphatic hydroxyl groups excluding tert-OH is 1. The molecule has 4 rings (SSSR count). The van der Waals surface area contributed by atoms with Gasteiger partial charge in [0.2, 0.25) is 15.5 Å². The summed E-state index contributed by atoms with van der Waals surface area (Å²) in [5, 5.41) is 12.7. The lowest BCUT2D eigenvalue weighted by Crippen LogP contribution is -2.46. The van der Waals surface area contributed by atoms with Crippen LogP contribution in [0.25, 0.3) is 21.8 Å². The Morgan fingerprint density at radius 1 is 1.04 bits per heavy atom. The highest BCUT2D eigenvalue weighted by Crippen LogP contribution is 2.29. The Hall–Kier alpha value is -1.96. The summed E-state index contributed by atoms with van der Waals surface area (Å²) in [5.74, 6) is 0. The van der Waals surface area contributed by atoms with E-state index in [1.807, 2.05) is 53.1 Å². The average Bonchev–Trinajstić information content (AvgIpc) is 2.94. The zero-order valence-electron chi connectivity index (χ0n) is 14.3. The fraction of sp³-hybridized carbons (Fsp3) is 0.368. The van der Waals surface area contributed by atoms with Crippen molar-refractivity contribution in [3.05, 3.63) is 48.5 Å². The second kappa shape index (κ2) is 6.64. The molecule has 0 saturated carbocycles. The van der Waals surface area contributed by atoms with Gasteiger partial charge in [0.1, 0.15) is 0 Å². The number of nitrogens with zero attached hydrogens (tertiary/aromatic N) is 2. The Kier molecular flexibility index (Phi) is 4.46. The van der Waals surface area contributed by atoms with Crippen LogP contribution in [0.15, 0.2) is 48.5 Å². The third-order valence-electron chi connectivity index (χ3n) is 5.01. The highest BCUT2D eigenvalue weighted by atomic mass is 32.2. The molecular formula is C19H21FN2O3S. The Balaban J connectivity index is 1.64. The van der Waals surface area contributed by atoms with Crippen molar-refractivity contribution in [2.75, 3.05) is 13.1 Å². The molecule has 1 N–H and O–H groups in total. The maximum absolute atomic E-state index is 13.7. The van der Waals surface area contributed by atoms with Gasteiger partial charge in [-0.15, -0.1) is 0 Å². The van der Waals surface area contributed by atoms with E-state index in [4.69, 9.17) is 0 Å². The van der Waals surface area contributed by atoms with Gasteiger partial charge in [-0.25, -0.2) is 12.8 Å². The quantitative estimate of drug-likeness (QED) is 0.762. The molecule has 5 nitrogen and oxygen atoms in total.